The van der Waals surface area contributed by atoms with E-state index in [9.17, 15) is 0 Å². The first kappa shape index (κ1) is 15.0. The van der Waals surface area contributed by atoms with E-state index in [1.165, 1.54) is 11.3 Å². The van der Waals surface area contributed by atoms with Crippen molar-refractivity contribution in [3.8, 4) is 10.6 Å². The average molecular weight is 343 g/mol. The van der Waals surface area contributed by atoms with Gasteiger partial charge < -0.3 is 10.6 Å². The Labute approximate surface area is 137 Å². The third-order valence-electron chi connectivity index (χ3n) is 3.77. The summed E-state index contributed by atoms with van der Waals surface area (Å²) in [6.45, 7) is 3.91. The highest BCUT2D eigenvalue weighted by molar-refractivity contribution is 7.18. The lowest BCUT2D eigenvalue weighted by Gasteiger charge is -2.36. The second kappa shape index (κ2) is 5.72. The third-order valence-corrected chi connectivity index (χ3v) is 5.61. The Bertz CT molecular complexity index is 646. The van der Waals surface area contributed by atoms with Gasteiger partial charge in [-0.1, -0.05) is 46.7 Å². The molecule has 0 amide bonds. The summed E-state index contributed by atoms with van der Waals surface area (Å²) in [7, 11) is 0. The number of aromatic nitrogens is 2. The van der Waals surface area contributed by atoms with Gasteiger partial charge in [-0.2, -0.15) is 0 Å². The van der Waals surface area contributed by atoms with Crippen LogP contribution in [-0.2, 0) is 0 Å². The predicted molar refractivity (Wildman–Crippen MR) is 89.4 cm³/mol. The van der Waals surface area contributed by atoms with E-state index in [1.807, 2.05) is 12.1 Å². The van der Waals surface area contributed by atoms with Gasteiger partial charge >= 0.3 is 0 Å². The summed E-state index contributed by atoms with van der Waals surface area (Å²) in [6, 6.07) is 5.54. The van der Waals surface area contributed by atoms with Gasteiger partial charge in [0.2, 0.25) is 5.13 Å². The molecule has 7 heteroatoms. The Morgan fingerprint density at radius 2 is 1.95 bits per heavy atom. The van der Waals surface area contributed by atoms with Gasteiger partial charge in [0.05, 0.1) is 10.0 Å². The van der Waals surface area contributed by atoms with Gasteiger partial charge in [-0.15, -0.1) is 10.2 Å². The van der Waals surface area contributed by atoms with Gasteiger partial charge in [-0.3, -0.25) is 0 Å². The molecule has 0 spiro atoms. The van der Waals surface area contributed by atoms with Crippen molar-refractivity contribution in [3.63, 3.8) is 0 Å². The Balaban J connectivity index is 1.82. The molecule has 4 nitrogen and oxygen atoms in total. The topological polar surface area (TPSA) is 55.0 Å². The summed E-state index contributed by atoms with van der Waals surface area (Å²) < 4.78 is 0. The van der Waals surface area contributed by atoms with Crippen LogP contribution in [0.25, 0.3) is 10.6 Å². The van der Waals surface area contributed by atoms with Gasteiger partial charge in [0.1, 0.15) is 0 Å². The van der Waals surface area contributed by atoms with Crippen molar-refractivity contribution in [2.75, 3.05) is 18.0 Å². The maximum absolute atomic E-state index is 6.24. The van der Waals surface area contributed by atoms with E-state index in [2.05, 4.69) is 22.0 Å². The highest BCUT2D eigenvalue weighted by atomic mass is 35.5. The van der Waals surface area contributed by atoms with Crippen LogP contribution in [0.5, 0.6) is 0 Å². The normalized spacial score (nSPS) is 18.0. The van der Waals surface area contributed by atoms with E-state index >= 15 is 0 Å². The average Bonchev–Trinajstić information content (AvgIpc) is 2.91. The van der Waals surface area contributed by atoms with E-state index in [1.54, 1.807) is 6.07 Å². The largest absolute Gasteiger partial charge is 0.347 e. The fourth-order valence-corrected chi connectivity index (χ4v) is 3.70. The number of nitrogens with zero attached hydrogens (tertiary/aromatic N) is 3. The first-order valence-corrected chi connectivity index (χ1v) is 8.35. The summed E-state index contributed by atoms with van der Waals surface area (Å²) >= 11 is 13.8. The highest BCUT2D eigenvalue weighted by Crippen LogP contribution is 2.37. The first-order valence-electron chi connectivity index (χ1n) is 6.78. The van der Waals surface area contributed by atoms with Crippen molar-refractivity contribution in [2.24, 2.45) is 5.73 Å². The maximum atomic E-state index is 6.24. The lowest BCUT2D eigenvalue weighted by atomic mass is 9.91. The fourth-order valence-electron chi connectivity index (χ4n) is 2.33. The van der Waals surface area contributed by atoms with Crippen LogP contribution in [0.1, 0.15) is 19.8 Å². The van der Waals surface area contributed by atoms with Crippen molar-refractivity contribution in [2.45, 2.75) is 25.3 Å². The Kier molecular flexibility index (Phi) is 4.10. The molecule has 2 N–H and O–H groups in total. The summed E-state index contributed by atoms with van der Waals surface area (Å²) in [4.78, 5) is 2.23. The van der Waals surface area contributed by atoms with Crippen molar-refractivity contribution >= 4 is 39.7 Å². The minimum Gasteiger partial charge on any atom is -0.347 e. The van der Waals surface area contributed by atoms with Crippen LogP contribution in [0.4, 0.5) is 5.13 Å². The molecule has 1 aliphatic heterocycles. The molecule has 2 heterocycles. The zero-order valence-corrected chi connectivity index (χ0v) is 14.0. The van der Waals surface area contributed by atoms with Crippen LogP contribution in [0.15, 0.2) is 18.2 Å². The molecular weight excluding hydrogens is 327 g/mol. The summed E-state index contributed by atoms with van der Waals surface area (Å²) in [5, 5.41) is 11.3. The second-order valence-electron chi connectivity index (χ2n) is 5.63. The Morgan fingerprint density at radius 3 is 2.67 bits per heavy atom. The van der Waals surface area contributed by atoms with E-state index in [-0.39, 0.29) is 5.54 Å². The lowest BCUT2D eigenvalue weighted by molar-refractivity contribution is 0.364. The molecule has 0 unspecified atom stereocenters. The summed E-state index contributed by atoms with van der Waals surface area (Å²) in [6.07, 6.45) is 1.92. The van der Waals surface area contributed by atoms with Crippen LogP contribution in [0.2, 0.25) is 10.0 Å². The van der Waals surface area contributed by atoms with E-state index in [0.717, 1.165) is 41.6 Å². The molecule has 0 radical (unpaired) electrons. The number of benzene rings is 1. The molecule has 1 saturated heterocycles. The quantitative estimate of drug-likeness (QED) is 0.900. The number of anilines is 1. The van der Waals surface area contributed by atoms with Gasteiger partial charge in [0.25, 0.3) is 0 Å². The molecule has 0 atom stereocenters. The zero-order valence-electron chi connectivity index (χ0n) is 11.6. The minimum absolute atomic E-state index is 0.0692. The molecule has 1 fully saturated rings. The van der Waals surface area contributed by atoms with E-state index in [4.69, 9.17) is 28.9 Å². The number of nitrogens with two attached hydrogens (primary N) is 1. The Hall–Kier alpha value is -0.880. The van der Waals surface area contributed by atoms with Crippen molar-refractivity contribution in [1.82, 2.24) is 10.2 Å². The Morgan fingerprint density at radius 1 is 1.24 bits per heavy atom. The molecule has 0 bridgehead atoms. The maximum Gasteiger partial charge on any atom is 0.208 e. The monoisotopic (exact) mass is 342 g/mol. The van der Waals surface area contributed by atoms with Crippen molar-refractivity contribution in [1.29, 1.82) is 0 Å². The van der Waals surface area contributed by atoms with E-state index in [0.29, 0.717) is 10.0 Å². The number of halogens is 2. The third kappa shape index (κ3) is 3.16. The SMILES string of the molecule is CC1(N)CCN(c2nnc(-c3cccc(Cl)c3Cl)s2)CC1. The zero-order chi connectivity index (χ0) is 15.0. The van der Waals surface area contributed by atoms with Crippen LogP contribution >= 0.6 is 34.5 Å². The summed E-state index contributed by atoms with van der Waals surface area (Å²) in [5.74, 6) is 0. The van der Waals surface area contributed by atoms with Gasteiger partial charge in [0, 0.05) is 24.2 Å². The highest BCUT2D eigenvalue weighted by Gasteiger charge is 2.27. The van der Waals surface area contributed by atoms with Crippen LogP contribution in [-0.4, -0.2) is 28.8 Å². The molecular formula is C14H16Cl2N4S. The number of piperidine rings is 1. The molecule has 1 aliphatic rings. The fraction of sp³-hybridized carbons (Fsp3) is 0.429. The molecule has 3 rings (SSSR count). The van der Waals surface area contributed by atoms with Gasteiger partial charge in [0.15, 0.2) is 5.01 Å². The summed E-state index contributed by atoms with van der Waals surface area (Å²) in [5.41, 5.74) is 6.92. The molecule has 21 heavy (non-hydrogen) atoms. The number of rotatable bonds is 2. The second-order valence-corrected chi connectivity index (χ2v) is 7.37. The molecule has 0 aliphatic carbocycles. The van der Waals surface area contributed by atoms with Gasteiger partial charge in [-0.25, -0.2) is 0 Å². The van der Waals surface area contributed by atoms with Crippen molar-refractivity contribution < 1.29 is 0 Å². The number of hydrogen-bond acceptors (Lipinski definition) is 5. The van der Waals surface area contributed by atoms with Crippen LogP contribution in [0.3, 0.4) is 0 Å². The minimum atomic E-state index is -0.0692. The van der Waals surface area contributed by atoms with Crippen LogP contribution < -0.4 is 10.6 Å². The van der Waals surface area contributed by atoms with Crippen molar-refractivity contribution in [3.05, 3.63) is 28.2 Å². The molecule has 112 valence electrons. The predicted octanol–water partition coefficient (Wildman–Crippen LogP) is 3.83. The van der Waals surface area contributed by atoms with Crippen LogP contribution in [0, 0.1) is 0 Å². The molecule has 2 aromatic rings. The lowest BCUT2D eigenvalue weighted by Crippen LogP contribution is -2.48. The smallest absolute Gasteiger partial charge is 0.208 e. The standard InChI is InChI=1S/C14H16Cl2N4S/c1-14(17)5-7-20(8-6-14)13-19-18-12(21-13)9-3-2-4-10(15)11(9)16/h2-4H,5-8,17H2,1H3. The molecule has 1 aromatic heterocycles. The molecule has 0 saturated carbocycles. The number of hydrogen-bond donors (Lipinski definition) is 1. The molecule has 1 aromatic carbocycles. The first-order chi connectivity index (χ1) is 9.96. The van der Waals surface area contributed by atoms with E-state index < -0.39 is 0 Å². The van der Waals surface area contributed by atoms with Gasteiger partial charge in [-0.05, 0) is 25.8 Å².